The summed E-state index contributed by atoms with van der Waals surface area (Å²) in [6.07, 6.45) is 1.59. The summed E-state index contributed by atoms with van der Waals surface area (Å²) in [4.78, 5) is 8.73. The van der Waals surface area contributed by atoms with E-state index in [4.69, 9.17) is 5.73 Å². The number of nitrogens with one attached hydrogen (secondary N) is 2. The summed E-state index contributed by atoms with van der Waals surface area (Å²) < 4.78 is 12.7. The number of nitrogens with two attached hydrogens (primary N) is 1. The summed E-state index contributed by atoms with van der Waals surface area (Å²) in [5.74, 6) is 0.830. The molecule has 2 atom stereocenters. The molecule has 3 rings (SSSR count). The number of hydrogen-bond donors (Lipinski definition) is 3. The SMILES string of the molecule is CP(Nc1ccccc1)S(=O)c1ccc(Nc2ccnc(N)n2)cc1. The fraction of sp³-hybridized carbons (Fsp3) is 0.0588. The van der Waals surface area contributed by atoms with E-state index in [0.29, 0.717) is 5.82 Å². The van der Waals surface area contributed by atoms with Crippen LogP contribution in [0.3, 0.4) is 0 Å². The minimum atomic E-state index is -1.11. The zero-order valence-corrected chi connectivity index (χ0v) is 15.3. The zero-order chi connectivity index (χ0) is 17.6. The Morgan fingerprint density at radius 1 is 1.00 bits per heavy atom. The molecule has 1 aromatic heterocycles. The van der Waals surface area contributed by atoms with E-state index >= 15 is 0 Å². The van der Waals surface area contributed by atoms with Crippen LogP contribution in [-0.4, -0.2) is 20.8 Å². The summed E-state index contributed by atoms with van der Waals surface area (Å²) in [6, 6.07) is 19.0. The van der Waals surface area contributed by atoms with E-state index in [0.717, 1.165) is 16.3 Å². The van der Waals surface area contributed by atoms with Gasteiger partial charge in [-0.1, -0.05) is 18.2 Å². The number of aromatic nitrogens is 2. The molecule has 0 aliphatic rings. The summed E-state index contributed by atoms with van der Waals surface area (Å²) >= 11 is 0. The van der Waals surface area contributed by atoms with Crippen LogP contribution in [0.2, 0.25) is 0 Å². The number of hydrogen-bond acceptors (Lipinski definition) is 6. The monoisotopic (exact) mass is 371 g/mol. The third-order valence-corrected chi connectivity index (χ3v) is 7.46. The molecule has 0 saturated carbocycles. The van der Waals surface area contributed by atoms with Crippen molar-refractivity contribution < 1.29 is 4.21 Å². The number of para-hydroxylation sites is 1. The van der Waals surface area contributed by atoms with Crippen LogP contribution in [0.1, 0.15) is 0 Å². The van der Waals surface area contributed by atoms with E-state index in [2.05, 4.69) is 20.4 Å². The molecular weight excluding hydrogens is 353 g/mol. The van der Waals surface area contributed by atoms with Crippen LogP contribution in [0.5, 0.6) is 0 Å². The molecule has 2 aromatic carbocycles. The lowest BCUT2D eigenvalue weighted by Gasteiger charge is -2.15. The van der Waals surface area contributed by atoms with E-state index in [9.17, 15) is 4.21 Å². The van der Waals surface area contributed by atoms with Gasteiger partial charge < -0.3 is 16.1 Å². The maximum Gasteiger partial charge on any atom is 0.221 e. The Balaban J connectivity index is 1.66. The number of nitrogens with zero attached hydrogens (tertiary/aromatic N) is 2. The van der Waals surface area contributed by atoms with E-state index in [1.807, 2.05) is 61.3 Å². The predicted octanol–water partition coefficient (Wildman–Crippen LogP) is 3.96. The molecule has 3 aromatic rings. The van der Waals surface area contributed by atoms with Gasteiger partial charge in [-0.25, -0.2) is 9.19 Å². The molecule has 0 aliphatic carbocycles. The maximum absolute atomic E-state index is 12.7. The van der Waals surface area contributed by atoms with Crippen molar-refractivity contribution in [2.24, 2.45) is 0 Å². The Bertz CT molecular complexity index is 860. The highest BCUT2D eigenvalue weighted by molar-refractivity contribution is 8.46. The van der Waals surface area contributed by atoms with E-state index in [1.165, 1.54) is 0 Å². The highest BCUT2D eigenvalue weighted by Gasteiger charge is 2.13. The Labute approximate surface area is 149 Å². The van der Waals surface area contributed by atoms with Gasteiger partial charge in [0, 0.05) is 22.5 Å². The first-order chi connectivity index (χ1) is 12.1. The summed E-state index contributed by atoms with van der Waals surface area (Å²) in [6.45, 7) is 1.97. The molecule has 2 unspecified atom stereocenters. The first-order valence-corrected chi connectivity index (χ1v) is 11.1. The third-order valence-electron chi connectivity index (χ3n) is 3.31. The highest BCUT2D eigenvalue weighted by atomic mass is 32.7. The Morgan fingerprint density at radius 2 is 1.72 bits per heavy atom. The van der Waals surface area contributed by atoms with Gasteiger partial charge in [-0.05, 0) is 49.1 Å². The van der Waals surface area contributed by atoms with Gasteiger partial charge >= 0.3 is 0 Å². The molecule has 25 heavy (non-hydrogen) atoms. The second-order valence-electron chi connectivity index (χ2n) is 5.17. The molecule has 0 aliphatic heterocycles. The first-order valence-electron chi connectivity index (χ1n) is 7.55. The highest BCUT2D eigenvalue weighted by Crippen LogP contribution is 2.40. The van der Waals surface area contributed by atoms with Crippen LogP contribution in [0.25, 0.3) is 0 Å². The maximum atomic E-state index is 12.7. The molecule has 128 valence electrons. The number of benzene rings is 2. The van der Waals surface area contributed by atoms with Crippen molar-refractivity contribution >= 4 is 40.8 Å². The number of nitrogen functional groups attached to an aromatic ring is 1. The van der Waals surface area contributed by atoms with Crippen molar-refractivity contribution in [1.29, 1.82) is 0 Å². The summed E-state index contributed by atoms with van der Waals surface area (Å²) in [5.41, 5.74) is 7.38. The van der Waals surface area contributed by atoms with Gasteiger partial charge in [0.25, 0.3) is 0 Å². The van der Waals surface area contributed by atoms with Gasteiger partial charge in [-0.2, -0.15) is 4.98 Å². The standard InChI is InChI=1S/C17H18N5OPS/c1-24(22-14-5-3-2-4-6-14)25(23)15-9-7-13(8-10-15)20-16-11-12-19-17(18)21-16/h2-12,22H,1H3,(H3,18,19,20,21). The summed E-state index contributed by atoms with van der Waals surface area (Å²) in [5, 5.41) is 6.46. The van der Waals surface area contributed by atoms with Gasteiger partial charge in [-0.3, -0.25) is 0 Å². The fourth-order valence-corrected chi connectivity index (χ4v) is 5.30. The van der Waals surface area contributed by atoms with Crippen LogP contribution in [0.15, 0.2) is 71.8 Å². The van der Waals surface area contributed by atoms with E-state index < -0.39 is 17.7 Å². The average molecular weight is 371 g/mol. The average Bonchev–Trinajstić information content (AvgIpc) is 2.62. The number of rotatable bonds is 6. The van der Waals surface area contributed by atoms with Crippen molar-refractivity contribution in [3.63, 3.8) is 0 Å². The first kappa shape index (κ1) is 17.3. The Kier molecular flexibility index (Phi) is 5.58. The quantitative estimate of drug-likeness (QED) is 0.568. The van der Waals surface area contributed by atoms with Gasteiger partial charge in [0.15, 0.2) is 0 Å². The van der Waals surface area contributed by atoms with Crippen molar-refractivity contribution in [3.8, 4) is 0 Å². The Hall–Kier alpha value is -2.50. The smallest absolute Gasteiger partial charge is 0.221 e. The topological polar surface area (TPSA) is 92.9 Å². The van der Waals surface area contributed by atoms with Crippen LogP contribution in [0, 0.1) is 0 Å². The normalized spacial score (nSPS) is 13.0. The number of anilines is 4. The lowest BCUT2D eigenvalue weighted by molar-refractivity contribution is 0.691. The van der Waals surface area contributed by atoms with Crippen LogP contribution in [-0.2, 0) is 10.4 Å². The molecule has 0 spiro atoms. The van der Waals surface area contributed by atoms with Crippen molar-refractivity contribution in [3.05, 3.63) is 66.9 Å². The second kappa shape index (κ2) is 8.05. The lowest BCUT2D eigenvalue weighted by Crippen LogP contribution is -2.00. The largest absolute Gasteiger partial charge is 0.368 e. The molecule has 6 nitrogen and oxygen atoms in total. The van der Waals surface area contributed by atoms with Crippen LogP contribution < -0.4 is 16.1 Å². The second-order valence-corrected chi connectivity index (χ2v) is 10.0. The Morgan fingerprint density at radius 3 is 2.40 bits per heavy atom. The van der Waals surface area contributed by atoms with Gasteiger partial charge in [0.05, 0.1) is 17.7 Å². The van der Waals surface area contributed by atoms with Gasteiger partial charge in [0.1, 0.15) is 5.82 Å². The molecule has 8 heteroatoms. The third kappa shape index (κ3) is 4.75. The molecular formula is C17H18N5OPS. The molecule has 0 bridgehead atoms. The van der Waals surface area contributed by atoms with Crippen molar-refractivity contribution in [1.82, 2.24) is 9.97 Å². The lowest BCUT2D eigenvalue weighted by atomic mass is 10.3. The predicted molar refractivity (Wildman–Crippen MR) is 105 cm³/mol. The van der Waals surface area contributed by atoms with E-state index in [1.54, 1.807) is 12.3 Å². The molecule has 0 fully saturated rings. The summed E-state index contributed by atoms with van der Waals surface area (Å²) in [7, 11) is -2.00. The molecule has 0 saturated heterocycles. The fourth-order valence-electron chi connectivity index (χ4n) is 2.14. The molecule has 0 amide bonds. The van der Waals surface area contributed by atoms with Crippen LogP contribution in [0.4, 0.5) is 23.1 Å². The van der Waals surface area contributed by atoms with Crippen molar-refractivity contribution in [2.45, 2.75) is 4.90 Å². The van der Waals surface area contributed by atoms with E-state index in [-0.39, 0.29) is 5.95 Å². The molecule has 1 heterocycles. The minimum absolute atomic E-state index is 0.214. The van der Waals surface area contributed by atoms with Crippen LogP contribution >= 0.6 is 7.27 Å². The van der Waals surface area contributed by atoms with Gasteiger partial charge in [0.2, 0.25) is 5.95 Å². The molecule has 4 N–H and O–H groups in total. The zero-order valence-electron chi connectivity index (χ0n) is 13.6. The van der Waals surface area contributed by atoms with Gasteiger partial charge in [-0.15, -0.1) is 0 Å². The molecule has 0 radical (unpaired) electrons. The van der Waals surface area contributed by atoms with Crippen molar-refractivity contribution in [2.75, 3.05) is 22.8 Å². The minimum Gasteiger partial charge on any atom is -0.368 e.